The molecular formula is C26H26N2O2S. The van der Waals surface area contributed by atoms with Crippen molar-refractivity contribution in [1.82, 2.24) is 4.98 Å². The van der Waals surface area contributed by atoms with Crippen LogP contribution in [0.25, 0.3) is 23.1 Å². The first-order valence-electron chi connectivity index (χ1n) is 10.1. The number of allylic oxidation sites excluding steroid dienone is 4. The van der Waals surface area contributed by atoms with Crippen LogP contribution >= 0.6 is 11.8 Å². The Morgan fingerprint density at radius 2 is 2.00 bits per heavy atom. The summed E-state index contributed by atoms with van der Waals surface area (Å²) in [5.41, 5.74) is 4.86. The van der Waals surface area contributed by atoms with Gasteiger partial charge >= 0.3 is 0 Å². The maximum atomic E-state index is 10.4. The number of aldehydes is 1. The molecule has 0 radical (unpaired) electrons. The van der Waals surface area contributed by atoms with Gasteiger partial charge in [0.05, 0.1) is 0 Å². The van der Waals surface area contributed by atoms with Crippen LogP contribution in [0.4, 0.5) is 5.88 Å². The van der Waals surface area contributed by atoms with Crippen molar-refractivity contribution in [2.45, 2.75) is 17.7 Å². The number of aromatic nitrogens is 1. The first kappa shape index (κ1) is 22.4. The van der Waals surface area contributed by atoms with Crippen LogP contribution in [0.15, 0.2) is 82.7 Å². The van der Waals surface area contributed by atoms with E-state index >= 15 is 0 Å². The molecule has 0 saturated carbocycles. The maximum absolute atomic E-state index is 10.4. The zero-order valence-corrected chi connectivity index (χ0v) is 18.6. The Bertz CT molecular complexity index is 1100. The summed E-state index contributed by atoms with van der Waals surface area (Å²) in [6, 6.07) is 15.6. The van der Waals surface area contributed by atoms with E-state index < -0.39 is 0 Å². The third-order valence-corrected chi connectivity index (χ3v) is 5.61. The third kappa shape index (κ3) is 5.64. The van der Waals surface area contributed by atoms with Crippen LogP contribution < -0.4 is 5.32 Å². The number of carbonyl (C=O) groups excluding carboxylic acids is 1. The summed E-state index contributed by atoms with van der Waals surface area (Å²) in [6.45, 7) is 3.69. The van der Waals surface area contributed by atoms with E-state index in [1.165, 1.54) is 5.57 Å². The predicted octanol–water partition coefficient (Wildman–Crippen LogP) is 6.98. The summed E-state index contributed by atoms with van der Waals surface area (Å²) in [7, 11) is 1.86. The fourth-order valence-electron chi connectivity index (χ4n) is 3.20. The number of anilines is 1. The number of hydrogen-bond acceptors (Lipinski definition) is 5. The van der Waals surface area contributed by atoms with Gasteiger partial charge in [0, 0.05) is 23.1 Å². The van der Waals surface area contributed by atoms with E-state index in [-0.39, 0.29) is 0 Å². The largest absolute Gasteiger partial charge is 0.420 e. The molecule has 0 unspecified atom stereocenters. The van der Waals surface area contributed by atoms with Gasteiger partial charge in [-0.2, -0.15) is 0 Å². The normalized spacial score (nSPS) is 12.4. The van der Waals surface area contributed by atoms with Crippen LogP contribution in [0.3, 0.4) is 0 Å². The summed E-state index contributed by atoms with van der Waals surface area (Å²) in [6.07, 6.45) is 13.0. The van der Waals surface area contributed by atoms with E-state index in [2.05, 4.69) is 35.1 Å². The van der Waals surface area contributed by atoms with Gasteiger partial charge in [-0.15, -0.1) is 11.8 Å². The standard InChI is InChI=1S/C16H16N2O.C10H10OS/c1-17-16-14(12-8-4-2-5-9-12)18-15(19-16)13-10-6-3-7-11-13;1-3-9-6-8(7-11)4-5-10(9)12-2/h2-4,6-8,10-11,17H,5,9H2,1H3;3-7H,1H2,2H3. The molecule has 1 aliphatic carbocycles. The fourth-order valence-corrected chi connectivity index (χ4v) is 3.78. The molecule has 0 atom stereocenters. The van der Waals surface area contributed by atoms with Gasteiger partial charge < -0.3 is 9.73 Å². The number of oxazole rings is 1. The third-order valence-electron chi connectivity index (χ3n) is 4.80. The van der Waals surface area contributed by atoms with E-state index in [0.717, 1.165) is 46.7 Å². The van der Waals surface area contributed by atoms with Gasteiger partial charge in [-0.05, 0) is 54.5 Å². The van der Waals surface area contributed by atoms with Gasteiger partial charge in [0.15, 0.2) is 0 Å². The molecule has 158 valence electrons. The van der Waals surface area contributed by atoms with E-state index in [1.807, 2.05) is 61.8 Å². The van der Waals surface area contributed by atoms with E-state index in [9.17, 15) is 4.79 Å². The first-order chi connectivity index (χ1) is 15.2. The smallest absolute Gasteiger partial charge is 0.229 e. The topological polar surface area (TPSA) is 55.1 Å². The molecule has 0 spiro atoms. The lowest BCUT2D eigenvalue weighted by atomic mass is 10.0. The van der Waals surface area contributed by atoms with Crippen molar-refractivity contribution in [3.05, 3.63) is 90.2 Å². The summed E-state index contributed by atoms with van der Waals surface area (Å²) < 4.78 is 5.82. The highest BCUT2D eigenvalue weighted by atomic mass is 32.2. The second kappa shape index (κ2) is 11.2. The van der Waals surface area contributed by atoms with E-state index in [1.54, 1.807) is 17.8 Å². The molecule has 4 nitrogen and oxygen atoms in total. The minimum atomic E-state index is 0.662. The average molecular weight is 431 g/mol. The number of nitrogens with one attached hydrogen (secondary N) is 1. The summed E-state index contributed by atoms with van der Waals surface area (Å²) in [4.78, 5) is 16.2. The van der Waals surface area contributed by atoms with Gasteiger partial charge in [-0.3, -0.25) is 4.79 Å². The Labute approximate surface area is 187 Å². The minimum absolute atomic E-state index is 0.662. The zero-order chi connectivity index (χ0) is 22.1. The summed E-state index contributed by atoms with van der Waals surface area (Å²) >= 11 is 1.65. The molecule has 0 bridgehead atoms. The zero-order valence-electron chi connectivity index (χ0n) is 17.8. The molecule has 1 aliphatic rings. The molecule has 0 amide bonds. The molecule has 1 heterocycles. The van der Waals surface area contributed by atoms with Crippen LogP contribution in [0.1, 0.15) is 34.5 Å². The van der Waals surface area contributed by atoms with Crippen LogP contribution in [0, 0.1) is 0 Å². The molecule has 0 aliphatic heterocycles. The van der Waals surface area contributed by atoms with Gasteiger partial charge in [0.1, 0.15) is 12.0 Å². The number of carbonyl (C=O) groups is 1. The first-order valence-corrected chi connectivity index (χ1v) is 11.3. The van der Waals surface area contributed by atoms with Crippen LogP contribution in [0.5, 0.6) is 0 Å². The van der Waals surface area contributed by atoms with Crippen molar-refractivity contribution in [3.8, 4) is 11.5 Å². The lowest BCUT2D eigenvalue weighted by Crippen LogP contribution is -1.94. The van der Waals surface area contributed by atoms with Crippen molar-refractivity contribution in [1.29, 1.82) is 0 Å². The van der Waals surface area contributed by atoms with Crippen molar-refractivity contribution >= 4 is 35.6 Å². The van der Waals surface area contributed by atoms with Crippen molar-refractivity contribution in [2.75, 3.05) is 18.6 Å². The lowest BCUT2D eigenvalue weighted by Gasteiger charge is -2.06. The van der Waals surface area contributed by atoms with Gasteiger partial charge in [-0.25, -0.2) is 4.98 Å². The van der Waals surface area contributed by atoms with Crippen molar-refractivity contribution < 1.29 is 9.21 Å². The molecule has 2 aromatic carbocycles. The molecule has 1 N–H and O–H groups in total. The summed E-state index contributed by atoms with van der Waals surface area (Å²) in [5.74, 6) is 1.40. The Kier molecular flexibility index (Phi) is 8.07. The number of nitrogens with zero attached hydrogens (tertiary/aromatic N) is 1. The Hall–Kier alpha value is -3.31. The molecule has 0 fully saturated rings. The van der Waals surface area contributed by atoms with Crippen LogP contribution in [0.2, 0.25) is 0 Å². The SMILES string of the molecule is C=Cc1cc(C=O)ccc1SC.CNc1oc(-c2ccccc2)nc1C1=CC=CCC1. The van der Waals surface area contributed by atoms with Crippen LogP contribution in [-0.4, -0.2) is 24.6 Å². The molecule has 5 heteroatoms. The van der Waals surface area contributed by atoms with Gasteiger partial charge in [0.2, 0.25) is 11.8 Å². The van der Waals surface area contributed by atoms with Crippen molar-refractivity contribution in [2.24, 2.45) is 0 Å². The van der Waals surface area contributed by atoms with Gasteiger partial charge in [0.25, 0.3) is 0 Å². The van der Waals surface area contributed by atoms with E-state index in [0.29, 0.717) is 11.5 Å². The van der Waals surface area contributed by atoms with Gasteiger partial charge in [-0.1, -0.05) is 55.1 Å². The molecule has 31 heavy (non-hydrogen) atoms. The lowest BCUT2D eigenvalue weighted by molar-refractivity contribution is 0.112. The second-order valence-corrected chi connectivity index (χ2v) is 7.64. The average Bonchev–Trinajstić information content (AvgIpc) is 3.29. The molecule has 3 aromatic rings. The monoisotopic (exact) mass is 430 g/mol. The Morgan fingerprint density at radius 1 is 1.19 bits per heavy atom. The Balaban J connectivity index is 0.000000196. The van der Waals surface area contributed by atoms with E-state index in [4.69, 9.17) is 4.42 Å². The second-order valence-electron chi connectivity index (χ2n) is 6.79. The highest BCUT2D eigenvalue weighted by Gasteiger charge is 2.17. The number of benzene rings is 2. The maximum Gasteiger partial charge on any atom is 0.229 e. The predicted molar refractivity (Wildman–Crippen MR) is 132 cm³/mol. The number of thioether (sulfide) groups is 1. The highest BCUT2D eigenvalue weighted by molar-refractivity contribution is 7.98. The molecule has 0 saturated heterocycles. The minimum Gasteiger partial charge on any atom is -0.420 e. The molecule has 1 aromatic heterocycles. The quantitative estimate of drug-likeness (QED) is 0.338. The number of rotatable bonds is 6. The molecule has 4 rings (SSSR count). The highest BCUT2D eigenvalue weighted by Crippen LogP contribution is 2.33. The molecular weight excluding hydrogens is 404 g/mol. The number of hydrogen-bond donors (Lipinski definition) is 1. The van der Waals surface area contributed by atoms with Crippen LogP contribution in [-0.2, 0) is 0 Å². The Morgan fingerprint density at radius 3 is 2.61 bits per heavy atom. The van der Waals surface area contributed by atoms with Crippen molar-refractivity contribution in [3.63, 3.8) is 0 Å². The summed E-state index contributed by atoms with van der Waals surface area (Å²) in [5, 5.41) is 3.09. The fraction of sp³-hybridized carbons (Fsp3) is 0.154.